The minimum absolute atomic E-state index is 0.192. The van der Waals surface area contributed by atoms with Crippen LogP contribution in [-0.4, -0.2) is 11.4 Å². The van der Waals surface area contributed by atoms with Gasteiger partial charge in [0.05, 0.1) is 16.8 Å². The van der Waals surface area contributed by atoms with E-state index in [-0.39, 0.29) is 5.91 Å². The molecule has 2 atom stereocenters. The van der Waals surface area contributed by atoms with Gasteiger partial charge in [-0.3, -0.25) is 4.79 Å². The average Bonchev–Trinajstić information content (AvgIpc) is 2.40. The highest BCUT2D eigenvalue weighted by Gasteiger charge is 2.38. The zero-order chi connectivity index (χ0) is 14.8. The van der Waals surface area contributed by atoms with Crippen molar-refractivity contribution in [2.75, 3.05) is 5.32 Å². The van der Waals surface area contributed by atoms with Gasteiger partial charge in [0.1, 0.15) is 6.07 Å². The smallest absolute Gasteiger partial charge is 0.244 e. The molecule has 3 N–H and O–H groups in total. The molecule has 0 saturated heterocycles. The highest BCUT2D eigenvalue weighted by Crippen LogP contribution is 2.32. The lowest BCUT2D eigenvalue weighted by Crippen LogP contribution is -2.53. The number of halogens is 1. The van der Waals surface area contributed by atoms with Gasteiger partial charge < -0.3 is 11.1 Å². The molecule has 1 saturated carbocycles. The first-order chi connectivity index (χ1) is 9.44. The Bertz CT molecular complexity index is 567. The van der Waals surface area contributed by atoms with E-state index in [1.165, 1.54) is 0 Å². The summed E-state index contributed by atoms with van der Waals surface area (Å²) in [5, 5.41) is 11.9. The van der Waals surface area contributed by atoms with Gasteiger partial charge in [-0.1, -0.05) is 35.7 Å². The summed E-state index contributed by atoms with van der Waals surface area (Å²) in [7, 11) is 0. The molecule has 2 unspecified atom stereocenters. The van der Waals surface area contributed by atoms with Gasteiger partial charge in [-0.05, 0) is 37.0 Å². The number of nitrogens with two attached hydrogens (primary N) is 1. The van der Waals surface area contributed by atoms with Crippen LogP contribution >= 0.6 is 15.9 Å². The van der Waals surface area contributed by atoms with Gasteiger partial charge in [0, 0.05) is 4.47 Å². The molecule has 20 heavy (non-hydrogen) atoms. The average molecular weight is 336 g/mol. The minimum atomic E-state index is -0.822. The summed E-state index contributed by atoms with van der Waals surface area (Å²) >= 11 is 3.31. The molecule has 0 bridgehead atoms. The maximum absolute atomic E-state index is 12.4. The fourth-order valence-corrected chi connectivity index (χ4v) is 3.12. The number of hydrogen-bond acceptors (Lipinski definition) is 3. The SMILES string of the molecule is CC1CCCC(N)(C(=O)Nc2ccc(Br)cc2C#N)C1. The van der Waals surface area contributed by atoms with Crippen molar-refractivity contribution in [3.05, 3.63) is 28.2 Å². The van der Waals surface area contributed by atoms with E-state index in [0.717, 1.165) is 17.3 Å². The number of rotatable bonds is 2. The third kappa shape index (κ3) is 3.20. The van der Waals surface area contributed by atoms with Crippen LogP contribution in [0.1, 0.15) is 38.2 Å². The molecule has 0 aromatic heterocycles. The largest absolute Gasteiger partial charge is 0.323 e. The van der Waals surface area contributed by atoms with Crippen molar-refractivity contribution in [3.63, 3.8) is 0 Å². The molecule has 1 amide bonds. The topological polar surface area (TPSA) is 78.9 Å². The Balaban J connectivity index is 2.18. The number of hydrogen-bond donors (Lipinski definition) is 2. The lowest BCUT2D eigenvalue weighted by molar-refractivity contribution is -0.122. The quantitative estimate of drug-likeness (QED) is 0.871. The Kier molecular flexibility index (Phi) is 4.46. The molecule has 106 valence electrons. The number of anilines is 1. The van der Waals surface area contributed by atoms with Crippen molar-refractivity contribution < 1.29 is 4.79 Å². The fraction of sp³-hybridized carbons (Fsp3) is 0.467. The number of nitrogens with zero attached hydrogens (tertiary/aromatic N) is 1. The zero-order valence-corrected chi connectivity index (χ0v) is 13.0. The molecule has 0 spiro atoms. The minimum Gasteiger partial charge on any atom is -0.323 e. The van der Waals surface area contributed by atoms with Gasteiger partial charge in [0.2, 0.25) is 5.91 Å². The lowest BCUT2D eigenvalue weighted by atomic mass is 9.76. The summed E-state index contributed by atoms with van der Waals surface area (Å²) in [5.74, 6) is 0.266. The second-order valence-electron chi connectivity index (χ2n) is 5.61. The maximum atomic E-state index is 12.4. The van der Waals surface area contributed by atoms with Gasteiger partial charge in [0.25, 0.3) is 0 Å². The molecule has 1 aromatic rings. The van der Waals surface area contributed by atoms with Crippen molar-refractivity contribution in [3.8, 4) is 6.07 Å². The monoisotopic (exact) mass is 335 g/mol. The van der Waals surface area contributed by atoms with E-state index < -0.39 is 5.54 Å². The van der Waals surface area contributed by atoms with Gasteiger partial charge in [0.15, 0.2) is 0 Å². The summed E-state index contributed by atoms with van der Waals surface area (Å²) in [4.78, 5) is 12.4. The Morgan fingerprint density at radius 2 is 2.35 bits per heavy atom. The third-order valence-corrected chi connectivity index (χ3v) is 4.33. The Morgan fingerprint density at radius 1 is 1.60 bits per heavy atom. The van der Waals surface area contributed by atoms with Crippen LogP contribution in [0.4, 0.5) is 5.69 Å². The number of nitrogens with one attached hydrogen (secondary N) is 1. The van der Waals surface area contributed by atoms with Crippen molar-refractivity contribution in [2.45, 2.75) is 38.1 Å². The predicted molar refractivity (Wildman–Crippen MR) is 82.0 cm³/mol. The molecule has 1 aliphatic carbocycles. The normalized spacial score (nSPS) is 25.8. The Morgan fingerprint density at radius 3 is 3.00 bits per heavy atom. The standard InChI is InChI=1S/C15H18BrN3O/c1-10-3-2-6-15(18,8-10)14(20)19-13-5-4-12(16)7-11(13)9-17/h4-5,7,10H,2-3,6,8,18H2,1H3,(H,19,20). The highest BCUT2D eigenvalue weighted by molar-refractivity contribution is 9.10. The third-order valence-electron chi connectivity index (χ3n) is 3.84. The van der Waals surface area contributed by atoms with Crippen LogP contribution in [0.2, 0.25) is 0 Å². The molecule has 2 rings (SSSR count). The lowest BCUT2D eigenvalue weighted by Gasteiger charge is -2.35. The van der Waals surface area contributed by atoms with Crippen LogP contribution in [0, 0.1) is 17.2 Å². The van der Waals surface area contributed by atoms with Crippen molar-refractivity contribution in [1.82, 2.24) is 0 Å². The summed E-state index contributed by atoms with van der Waals surface area (Å²) < 4.78 is 0.806. The van der Waals surface area contributed by atoms with E-state index in [2.05, 4.69) is 34.2 Å². The van der Waals surface area contributed by atoms with Crippen molar-refractivity contribution in [1.29, 1.82) is 5.26 Å². The number of benzene rings is 1. The zero-order valence-electron chi connectivity index (χ0n) is 11.4. The molecular weight excluding hydrogens is 318 g/mol. The molecule has 5 heteroatoms. The van der Waals surface area contributed by atoms with E-state index in [1.807, 2.05) is 0 Å². The van der Waals surface area contributed by atoms with E-state index in [4.69, 9.17) is 11.0 Å². The molecule has 0 heterocycles. The molecule has 4 nitrogen and oxygen atoms in total. The molecular formula is C15H18BrN3O. The van der Waals surface area contributed by atoms with E-state index >= 15 is 0 Å². The van der Waals surface area contributed by atoms with E-state index in [0.29, 0.717) is 30.0 Å². The number of carbonyl (C=O) groups is 1. The van der Waals surface area contributed by atoms with Crippen LogP contribution in [0.25, 0.3) is 0 Å². The van der Waals surface area contributed by atoms with Gasteiger partial charge in [-0.25, -0.2) is 0 Å². The highest BCUT2D eigenvalue weighted by atomic mass is 79.9. The molecule has 0 radical (unpaired) electrons. The van der Waals surface area contributed by atoms with Crippen molar-refractivity contribution >= 4 is 27.5 Å². The van der Waals surface area contributed by atoms with Crippen molar-refractivity contribution in [2.24, 2.45) is 11.7 Å². The molecule has 0 aliphatic heterocycles. The van der Waals surface area contributed by atoms with Gasteiger partial charge in [-0.2, -0.15) is 5.26 Å². The van der Waals surface area contributed by atoms with Crippen LogP contribution < -0.4 is 11.1 Å². The second kappa shape index (κ2) is 5.94. The first-order valence-corrected chi connectivity index (χ1v) is 7.54. The van der Waals surface area contributed by atoms with E-state index in [1.54, 1.807) is 18.2 Å². The van der Waals surface area contributed by atoms with Crippen LogP contribution in [0.3, 0.4) is 0 Å². The Hall–Kier alpha value is -1.38. The predicted octanol–water partition coefficient (Wildman–Crippen LogP) is 3.17. The molecule has 1 fully saturated rings. The Labute approximate surface area is 127 Å². The van der Waals surface area contributed by atoms with Gasteiger partial charge in [-0.15, -0.1) is 0 Å². The van der Waals surface area contributed by atoms with E-state index in [9.17, 15) is 4.79 Å². The first-order valence-electron chi connectivity index (χ1n) is 6.74. The summed E-state index contributed by atoms with van der Waals surface area (Å²) in [6.45, 7) is 2.12. The molecule has 1 aliphatic rings. The first kappa shape index (κ1) is 15.0. The number of carbonyl (C=O) groups excluding carboxylic acids is 1. The number of nitriles is 1. The fourth-order valence-electron chi connectivity index (χ4n) is 2.76. The van der Waals surface area contributed by atoms with Gasteiger partial charge >= 0.3 is 0 Å². The molecule has 1 aromatic carbocycles. The van der Waals surface area contributed by atoms with Crippen LogP contribution in [0.15, 0.2) is 22.7 Å². The summed E-state index contributed by atoms with van der Waals surface area (Å²) in [6.07, 6.45) is 3.48. The van der Waals surface area contributed by atoms with Crippen LogP contribution in [0.5, 0.6) is 0 Å². The van der Waals surface area contributed by atoms with Crippen LogP contribution in [-0.2, 0) is 4.79 Å². The number of amides is 1. The summed E-state index contributed by atoms with van der Waals surface area (Å²) in [5.41, 5.74) is 6.38. The maximum Gasteiger partial charge on any atom is 0.244 e. The second-order valence-corrected chi connectivity index (χ2v) is 6.53. The summed E-state index contributed by atoms with van der Waals surface area (Å²) in [6, 6.07) is 7.28.